The van der Waals surface area contributed by atoms with Crippen LogP contribution in [-0.4, -0.2) is 48.9 Å². The summed E-state index contributed by atoms with van der Waals surface area (Å²) < 4.78 is 227. The third-order valence-corrected chi connectivity index (χ3v) is 7.57. The normalized spacial score (nSPS) is 10.6. The number of hydrogen-bond donors (Lipinski definition) is 4. The van der Waals surface area contributed by atoms with Gasteiger partial charge in [-0.25, -0.2) is 70.2 Å². The molecule has 61 heavy (non-hydrogen) atoms. The van der Waals surface area contributed by atoms with Crippen molar-refractivity contribution in [1.29, 1.82) is 0 Å². The SMILES string of the molecule is COCc1c(F)c(F)c(CO)c(F)c1F.COCc1c(F)c(F)c(CO)c(F)c1F.COCc1c(F)c(F)c(CO)c(F)c1F.COCc1c(F)c(F)c(CO)c(F)c1F.[Zr]. The topological polar surface area (TPSA) is 118 Å². The fourth-order valence-electron chi connectivity index (χ4n) is 4.53. The Balaban J connectivity index is 0.000000783. The summed E-state index contributed by atoms with van der Waals surface area (Å²) in [7, 11) is 4.53. The molecule has 0 aliphatic carbocycles. The molecule has 0 saturated carbocycles. The van der Waals surface area contributed by atoms with E-state index in [0.717, 1.165) is 28.4 Å². The largest absolute Gasteiger partial charge is 0.391 e. The number of benzene rings is 4. The van der Waals surface area contributed by atoms with Crippen LogP contribution in [0.2, 0.25) is 0 Å². The molecule has 0 amide bonds. The van der Waals surface area contributed by atoms with Crippen molar-refractivity contribution in [2.75, 3.05) is 28.4 Å². The van der Waals surface area contributed by atoms with Gasteiger partial charge in [0.1, 0.15) is 0 Å². The van der Waals surface area contributed by atoms with Crippen molar-refractivity contribution in [3.05, 3.63) is 138 Å². The Morgan fingerprint density at radius 1 is 0.246 bits per heavy atom. The minimum Gasteiger partial charge on any atom is -0.391 e. The fourth-order valence-corrected chi connectivity index (χ4v) is 4.53. The van der Waals surface area contributed by atoms with Crippen LogP contribution in [0.1, 0.15) is 44.5 Å². The third-order valence-electron chi connectivity index (χ3n) is 7.57. The third kappa shape index (κ3) is 13.2. The van der Waals surface area contributed by atoms with E-state index in [2.05, 4.69) is 18.9 Å². The Labute approximate surface area is 354 Å². The predicted octanol–water partition coefficient (Wildman–Crippen LogP) is 7.52. The molecule has 4 rings (SSSR count). The van der Waals surface area contributed by atoms with Gasteiger partial charge in [0.05, 0.1) is 97.4 Å². The molecule has 0 saturated heterocycles. The van der Waals surface area contributed by atoms with Crippen LogP contribution in [0, 0.1) is 93.1 Å². The van der Waals surface area contributed by atoms with E-state index in [-0.39, 0.29) is 26.2 Å². The first-order valence-corrected chi connectivity index (χ1v) is 15.9. The summed E-state index contributed by atoms with van der Waals surface area (Å²) in [6.45, 7) is -6.79. The van der Waals surface area contributed by atoms with Crippen LogP contribution in [0.4, 0.5) is 70.2 Å². The number of hydrogen-bond acceptors (Lipinski definition) is 8. The zero-order valence-electron chi connectivity index (χ0n) is 31.6. The number of ether oxygens (including phenoxy) is 4. The minimum atomic E-state index is -1.59. The van der Waals surface area contributed by atoms with Gasteiger partial charge in [-0.2, -0.15) is 0 Å². The molecule has 0 bridgehead atoms. The standard InChI is InChI=1S/4C9H8F4O2.Zr/c4*1-15-3-5-8(12)6(10)4(2-14)7(11)9(5)13;/h4*14H,2-3H2,1H3;. The fraction of sp³-hybridized carbons (Fsp3) is 0.333. The molecule has 0 aliphatic rings. The number of methoxy groups -OCH3 is 4. The van der Waals surface area contributed by atoms with Gasteiger partial charge in [-0.1, -0.05) is 0 Å². The predicted molar refractivity (Wildman–Crippen MR) is 172 cm³/mol. The second-order valence-electron chi connectivity index (χ2n) is 11.2. The van der Waals surface area contributed by atoms with Gasteiger partial charge < -0.3 is 39.4 Å². The first kappa shape index (κ1) is 57.3. The van der Waals surface area contributed by atoms with Crippen molar-refractivity contribution in [1.82, 2.24) is 0 Å². The summed E-state index contributed by atoms with van der Waals surface area (Å²) in [6.07, 6.45) is 0. The number of aliphatic hydroxyl groups is 4. The Kier molecular flexibility index (Phi) is 25.1. The second kappa shape index (κ2) is 26.7. The van der Waals surface area contributed by atoms with Crippen LogP contribution in [-0.2, 0) is 98.0 Å². The van der Waals surface area contributed by atoms with E-state index < -0.39 is 190 Å². The van der Waals surface area contributed by atoms with Crippen molar-refractivity contribution in [3.63, 3.8) is 0 Å². The Morgan fingerprint density at radius 2 is 0.344 bits per heavy atom. The maximum atomic E-state index is 13.1. The van der Waals surface area contributed by atoms with Crippen molar-refractivity contribution in [2.24, 2.45) is 0 Å². The molecule has 0 atom stereocenters. The first-order chi connectivity index (χ1) is 28.2. The maximum Gasteiger partial charge on any atom is 0.167 e. The van der Waals surface area contributed by atoms with Gasteiger partial charge in [-0.15, -0.1) is 0 Å². The summed E-state index contributed by atoms with van der Waals surface area (Å²) in [4.78, 5) is 0. The van der Waals surface area contributed by atoms with Crippen LogP contribution in [0.15, 0.2) is 0 Å². The second-order valence-corrected chi connectivity index (χ2v) is 11.2. The van der Waals surface area contributed by atoms with Crippen LogP contribution in [0.3, 0.4) is 0 Å². The molecule has 0 spiro atoms. The zero-order valence-corrected chi connectivity index (χ0v) is 34.1. The molecule has 0 heterocycles. The summed E-state index contributed by atoms with van der Waals surface area (Å²) in [5.74, 6) is -25.1. The van der Waals surface area contributed by atoms with Gasteiger partial charge in [0.15, 0.2) is 93.1 Å². The Hall–Kier alpha value is -3.68. The van der Waals surface area contributed by atoms with Gasteiger partial charge in [0.2, 0.25) is 0 Å². The summed E-state index contributed by atoms with van der Waals surface area (Å²) in [5, 5.41) is 34.1. The molecule has 4 N–H and O–H groups in total. The van der Waals surface area contributed by atoms with Crippen molar-refractivity contribution >= 4 is 0 Å². The number of aliphatic hydroxyl groups excluding tert-OH is 4. The molecule has 0 aliphatic heterocycles. The van der Waals surface area contributed by atoms with E-state index in [1.54, 1.807) is 0 Å². The van der Waals surface area contributed by atoms with E-state index in [1.165, 1.54) is 0 Å². The van der Waals surface area contributed by atoms with Gasteiger partial charge in [0, 0.05) is 54.6 Å². The molecular weight excluding hydrogens is 956 g/mol. The molecule has 0 fully saturated rings. The Bertz CT molecular complexity index is 1700. The molecule has 4 aromatic rings. The molecule has 4 aromatic carbocycles. The van der Waals surface area contributed by atoms with E-state index in [4.69, 9.17) is 20.4 Å². The summed E-state index contributed by atoms with van der Waals surface area (Å²) in [5.41, 5.74) is -7.41. The number of rotatable bonds is 12. The van der Waals surface area contributed by atoms with E-state index in [9.17, 15) is 70.2 Å². The van der Waals surface area contributed by atoms with E-state index in [0.29, 0.717) is 0 Å². The Morgan fingerprint density at radius 3 is 0.426 bits per heavy atom. The molecule has 0 unspecified atom stereocenters. The molecule has 8 nitrogen and oxygen atoms in total. The molecule has 25 heteroatoms. The smallest absolute Gasteiger partial charge is 0.167 e. The van der Waals surface area contributed by atoms with Crippen LogP contribution in [0.25, 0.3) is 0 Å². The van der Waals surface area contributed by atoms with Gasteiger partial charge >= 0.3 is 0 Å². The molecule has 340 valence electrons. The van der Waals surface area contributed by atoms with E-state index >= 15 is 0 Å². The van der Waals surface area contributed by atoms with Gasteiger partial charge in [0.25, 0.3) is 0 Å². The van der Waals surface area contributed by atoms with Gasteiger partial charge in [-0.05, 0) is 0 Å². The summed E-state index contributed by atoms with van der Waals surface area (Å²) in [6, 6.07) is 0. The quantitative estimate of drug-likeness (QED) is 0.0852. The van der Waals surface area contributed by atoms with E-state index in [1.807, 2.05) is 0 Å². The van der Waals surface area contributed by atoms with Crippen molar-refractivity contribution in [3.8, 4) is 0 Å². The van der Waals surface area contributed by atoms with Crippen LogP contribution >= 0.6 is 0 Å². The van der Waals surface area contributed by atoms with Crippen molar-refractivity contribution < 1.29 is 136 Å². The van der Waals surface area contributed by atoms with Crippen LogP contribution < -0.4 is 0 Å². The van der Waals surface area contributed by atoms with Crippen molar-refractivity contribution in [2.45, 2.75) is 52.9 Å². The first-order valence-electron chi connectivity index (χ1n) is 15.9. The monoisotopic (exact) mass is 986 g/mol. The molecular formula is C36H32F16O8Zr. The van der Waals surface area contributed by atoms with Gasteiger partial charge in [-0.3, -0.25) is 0 Å². The summed E-state index contributed by atoms with van der Waals surface area (Å²) >= 11 is 0. The molecule has 0 aromatic heterocycles. The number of halogens is 16. The minimum absolute atomic E-state index is 0. The van der Waals surface area contributed by atoms with Crippen LogP contribution in [0.5, 0.6) is 0 Å². The maximum absolute atomic E-state index is 13.1. The molecule has 0 radical (unpaired) electrons. The zero-order chi connectivity index (χ0) is 46.3. The average molecular weight is 988 g/mol. The average Bonchev–Trinajstić information content (AvgIpc) is 3.23.